The van der Waals surface area contributed by atoms with E-state index in [-0.39, 0.29) is 84.6 Å². The molecule has 90 valence electrons. The first-order valence-corrected chi connectivity index (χ1v) is 1.84. The molecule has 0 aliphatic heterocycles. The zero-order chi connectivity index (χ0) is 10.7. The van der Waals surface area contributed by atoms with Gasteiger partial charge in [0, 0.05) is 0 Å². The molecular formula is C3HFGd2O9. The van der Waals surface area contributed by atoms with E-state index in [2.05, 4.69) is 0 Å². The van der Waals surface area contributed by atoms with Crippen LogP contribution in [0.2, 0.25) is 0 Å². The first-order chi connectivity index (χ1) is 5.20. The van der Waals surface area contributed by atoms with Crippen LogP contribution in [0, 0.1) is 79.9 Å². The van der Waals surface area contributed by atoms with Crippen LogP contribution in [0.3, 0.4) is 0 Å². The smallest absolute Gasteiger partial charge is 0.652 e. The summed E-state index contributed by atoms with van der Waals surface area (Å²) in [5.74, 6) is 0. The van der Waals surface area contributed by atoms with Crippen molar-refractivity contribution in [2.75, 3.05) is 0 Å². The number of carboxylic acid groups (broad SMARTS) is 6. The maximum absolute atomic E-state index is 8.33. The third-order valence-corrected chi connectivity index (χ3v) is 0. The SMILES string of the molecule is F.O=C([O-])[O-].O=C([O-])[O-].O=C([O-])[O-].[Gd+3].[Gd+3]. The van der Waals surface area contributed by atoms with Gasteiger partial charge in [-0.05, 0) is 18.5 Å². The maximum Gasteiger partial charge on any atom is 3.00 e. The molecule has 0 aromatic carbocycles. The van der Waals surface area contributed by atoms with Gasteiger partial charge in [-0.2, -0.15) is 0 Å². The molecule has 0 rings (SSSR count). The maximum atomic E-state index is 8.33. The van der Waals surface area contributed by atoms with E-state index in [9.17, 15) is 0 Å². The number of carbonyl (C=O) groups is 3. The molecule has 0 aliphatic carbocycles. The molecule has 0 saturated carbocycles. The summed E-state index contributed by atoms with van der Waals surface area (Å²) in [6.07, 6.45) is -7.00. The minimum atomic E-state index is -2.33. The topological polar surface area (TPSA) is 190 Å². The normalized spacial score (nSPS) is 4.80. The van der Waals surface area contributed by atoms with Crippen molar-refractivity contribution in [3.05, 3.63) is 0 Å². The van der Waals surface area contributed by atoms with Crippen molar-refractivity contribution in [3.63, 3.8) is 0 Å². The van der Waals surface area contributed by atoms with Gasteiger partial charge in [0.05, 0.1) is 0 Å². The van der Waals surface area contributed by atoms with Crippen molar-refractivity contribution in [3.8, 4) is 0 Å². The average Bonchev–Trinajstić information content (AvgIpc) is 1.54. The number of rotatable bonds is 0. The van der Waals surface area contributed by atoms with Crippen LogP contribution in [0.15, 0.2) is 0 Å². The molecule has 0 bridgehead atoms. The van der Waals surface area contributed by atoms with Crippen LogP contribution < -0.4 is 30.6 Å². The van der Waals surface area contributed by atoms with Crippen LogP contribution in [-0.2, 0) is 0 Å². The van der Waals surface area contributed by atoms with Gasteiger partial charge >= 0.3 is 79.9 Å². The van der Waals surface area contributed by atoms with Crippen molar-refractivity contribution >= 4 is 18.5 Å². The second-order valence-corrected chi connectivity index (χ2v) is 0.750. The largest absolute Gasteiger partial charge is 3.00 e. The Morgan fingerprint density at radius 2 is 0.533 bits per heavy atom. The standard InChI is InChI=1S/3CH2O3.FH.2Gd/c3*2-1(3)4;;;/h3*(H2,2,3,4);1H;;/q;;;;2*+3/p-6. The summed E-state index contributed by atoms with van der Waals surface area (Å²) in [4.78, 5) is 25.0. The summed E-state index contributed by atoms with van der Waals surface area (Å²) < 4.78 is 0. The van der Waals surface area contributed by atoms with Gasteiger partial charge in [0.15, 0.2) is 0 Å². The van der Waals surface area contributed by atoms with Crippen molar-refractivity contribution < 1.29 is 130 Å². The van der Waals surface area contributed by atoms with E-state index >= 15 is 0 Å². The summed E-state index contributed by atoms with van der Waals surface area (Å²) in [5.41, 5.74) is 0. The molecule has 0 N–H and O–H groups in total. The fraction of sp³-hybridized carbons (Fsp3) is 0. The second-order valence-electron chi connectivity index (χ2n) is 0.750. The molecule has 15 heavy (non-hydrogen) atoms. The molecule has 0 saturated heterocycles. The Hall–Kier alpha value is 0.389. The Labute approximate surface area is 146 Å². The van der Waals surface area contributed by atoms with Crippen LogP contribution in [0.1, 0.15) is 0 Å². The van der Waals surface area contributed by atoms with Crippen LogP contribution in [0.25, 0.3) is 0 Å². The van der Waals surface area contributed by atoms with E-state index in [1.54, 1.807) is 0 Å². The van der Waals surface area contributed by atoms with E-state index in [4.69, 9.17) is 45.0 Å². The Balaban J connectivity index is -0.0000000184. The number of halogens is 1. The summed E-state index contributed by atoms with van der Waals surface area (Å²) in [6.45, 7) is 0. The van der Waals surface area contributed by atoms with Gasteiger partial charge in [-0.25, -0.2) is 0 Å². The molecule has 0 atom stereocenters. The van der Waals surface area contributed by atoms with Gasteiger partial charge in [0.1, 0.15) is 0 Å². The van der Waals surface area contributed by atoms with Crippen LogP contribution >= 0.6 is 0 Å². The summed E-state index contributed by atoms with van der Waals surface area (Å²) in [5, 5.41) is 50.0. The van der Waals surface area contributed by atoms with Crippen molar-refractivity contribution in [2.45, 2.75) is 0 Å². The van der Waals surface area contributed by atoms with Gasteiger partial charge < -0.3 is 45.0 Å². The molecule has 0 spiro atoms. The Morgan fingerprint density at radius 3 is 0.533 bits per heavy atom. The van der Waals surface area contributed by atoms with Gasteiger partial charge in [-0.3, -0.25) is 4.70 Å². The summed E-state index contributed by atoms with van der Waals surface area (Å²) >= 11 is 0. The fourth-order valence-corrected chi connectivity index (χ4v) is 0. The first kappa shape index (κ1) is 36.1. The number of hydrogen-bond acceptors (Lipinski definition) is 9. The van der Waals surface area contributed by atoms with E-state index in [1.807, 2.05) is 0 Å². The molecule has 2 radical (unpaired) electrons. The Kier molecular flexibility index (Phi) is 70.5. The third-order valence-electron chi connectivity index (χ3n) is 0. The van der Waals surface area contributed by atoms with E-state index in [0.717, 1.165) is 0 Å². The van der Waals surface area contributed by atoms with Gasteiger partial charge in [-0.1, -0.05) is 0 Å². The van der Waals surface area contributed by atoms with Crippen LogP contribution in [0.4, 0.5) is 19.1 Å². The molecule has 0 aromatic heterocycles. The molecule has 0 amide bonds. The van der Waals surface area contributed by atoms with E-state index in [1.165, 1.54) is 0 Å². The fourth-order valence-electron chi connectivity index (χ4n) is 0. The predicted octanol–water partition coefficient (Wildman–Crippen LogP) is -7.19. The molecule has 0 fully saturated rings. The van der Waals surface area contributed by atoms with E-state index < -0.39 is 18.5 Å². The average molecular weight is 515 g/mol. The number of carbonyl (C=O) groups excluding carboxylic acids is 3. The predicted molar refractivity (Wildman–Crippen MR) is 18.7 cm³/mol. The van der Waals surface area contributed by atoms with Gasteiger partial charge in [-0.15, -0.1) is 0 Å². The second kappa shape index (κ2) is 29.3. The summed E-state index contributed by atoms with van der Waals surface area (Å²) in [6, 6.07) is 0. The Morgan fingerprint density at radius 1 is 0.533 bits per heavy atom. The van der Waals surface area contributed by atoms with E-state index in [0.29, 0.717) is 0 Å². The summed E-state index contributed by atoms with van der Waals surface area (Å²) in [7, 11) is 0. The Bertz CT molecular complexity index is 121. The minimum Gasteiger partial charge on any atom is -0.652 e. The van der Waals surface area contributed by atoms with Crippen molar-refractivity contribution in [1.82, 2.24) is 0 Å². The van der Waals surface area contributed by atoms with Gasteiger partial charge in [0.2, 0.25) is 0 Å². The molecule has 0 aliphatic rings. The zero-order valence-electron chi connectivity index (χ0n) is 6.29. The third kappa shape index (κ3) is 14600. The number of hydrogen-bond donors (Lipinski definition) is 0. The van der Waals surface area contributed by atoms with Crippen LogP contribution in [0.5, 0.6) is 0 Å². The van der Waals surface area contributed by atoms with Gasteiger partial charge in [0.25, 0.3) is 0 Å². The van der Waals surface area contributed by atoms with Crippen molar-refractivity contribution in [2.24, 2.45) is 0 Å². The quantitative estimate of drug-likeness (QED) is 0.302. The zero-order valence-corrected chi connectivity index (χ0v) is 10.8. The van der Waals surface area contributed by atoms with Crippen LogP contribution in [-0.4, -0.2) is 18.5 Å². The first-order valence-electron chi connectivity index (χ1n) is 1.84. The molecule has 0 aromatic rings. The molecule has 9 nitrogen and oxygen atoms in total. The molecule has 0 unspecified atom stereocenters. The molecule has 12 heteroatoms. The minimum absolute atomic E-state index is 0. The molecular weight excluding hydrogens is 514 g/mol. The van der Waals surface area contributed by atoms with Crippen molar-refractivity contribution in [1.29, 1.82) is 0 Å². The molecule has 0 heterocycles. The monoisotopic (exact) mass is 516 g/mol.